The van der Waals surface area contributed by atoms with Crippen LogP contribution in [-0.2, 0) is 29.2 Å². The van der Waals surface area contributed by atoms with E-state index in [1.54, 1.807) is 18.2 Å². The summed E-state index contributed by atoms with van der Waals surface area (Å²) in [6.45, 7) is -1.38. The fourth-order valence-electron chi connectivity index (χ4n) is 4.79. The van der Waals surface area contributed by atoms with Crippen molar-refractivity contribution in [1.29, 1.82) is 0 Å². The van der Waals surface area contributed by atoms with E-state index in [2.05, 4.69) is 4.74 Å². The Kier molecular flexibility index (Phi) is 9.24. The molecule has 0 N–H and O–H groups in total. The third kappa shape index (κ3) is 7.55. The van der Waals surface area contributed by atoms with E-state index >= 15 is 0 Å². The maximum atomic E-state index is 13.7. The molecule has 1 aliphatic rings. The van der Waals surface area contributed by atoms with E-state index < -0.39 is 28.4 Å². The highest BCUT2D eigenvalue weighted by molar-refractivity contribution is 7.89. The molecule has 0 amide bonds. The molecule has 1 saturated heterocycles. The van der Waals surface area contributed by atoms with E-state index in [0.717, 1.165) is 29.8 Å². The Morgan fingerprint density at radius 2 is 1.51 bits per heavy atom. The maximum Gasteiger partial charge on any atom is 0.416 e. The number of hydrogen-bond donors (Lipinski definition) is 0. The molecule has 0 unspecified atom stereocenters. The van der Waals surface area contributed by atoms with Crippen LogP contribution in [0, 0.1) is 0 Å². The van der Waals surface area contributed by atoms with Gasteiger partial charge in [-0.1, -0.05) is 48.5 Å². The molecular formula is C28H29F5N2O3S. The zero-order chi connectivity index (χ0) is 28.0. The van der Waals surface area contributed by atoms with Crippen LogP contribution in [0.15, 0.2) is 83.8 Å². The van der Waals surface area contributed by atoms with E-state index in [-0.39, 0.29) is 23.2 Å². The quantitative estimate of drug-likeness (QED) is 0.273. The lowest BCUT2D eigenvalue weighted by molar-refractivity contribution is -0.137. The van der Waals surface area contributed by atoms with Crippen molar-refractivity contribution in [3.8, 4) is 5.75 Å². The van der Waals surface area contributed by atoms with E-state index in [9.17, 15) is 30.4 Å². The van der Waals surface area contributed by atoms with E-state index in [0.29, 0.717) is 44.5 Å². The lowest BCUT2D eigenvalue weighted by atomic mass is 10.0. The van der Waals surface area contributed by atoms with Gasteiger partial charge in [-0.3, -0.25) is 4.90 Å². The number of alkyl halides is 5. The van der Waals surface area contributed by atoms with Crippen LogP contribution in [0.3, 0.4) is 0 Å². The van der Waals surface area contributed by atoms with Crippen molar-refractivity contribution in [3.05, 3.63) is 95.6 Å². The molecule has 0 saturated carbocycles. The van der Waals surface area contributed by atoms with E-state index in [1.165, 1.54) is 10.4 Å². The summed E-state index contributed by atoms with van der Waals surface area (Å²) in [4.78, 5) is 1.86. The summed E-state index contributed by atoms with van der Waals surface area (Å²) in [6, 6.07) is 19.1. The Labute approximate surface area is 224 Å². The monoisotopic (exact) mass is 568 g/mol. The minimum atomic E-state index is -4.57. The van der Waals surface area contributed by atoms with Crippen LogP contribution in [0.2, 0.25) is 0 Å². The Bertz CT molecular complexity index is 1310. The topological polar surface area (TPSA) is 49.9 Å². The number of hydrogen-bond acceptors (Lipinski definition) is 4. The Morgan fingerprint density at radius 1 is 0.897 bits per heavy atom. The van der Waals surface area contributed by atoms with Gasteiger partial charge in [0, 0.05) is 37.8 Å². The summed E-state index contributed by atoms with van der Waals surface area (Å²) in [6.07, 6.45) is -3.17. The molecule has 0 atom stereocenters. The van der Waals surface area contributed by atoms with Gasteiger partial charge in [0.25, 0.3) is 0 Å². The van der Waals surface area contributed by atoms with Gasteiger partial charge >= 0.3 is 12.8 Å². The summed E-state index contributed by atoms with van der Waals surface area (Å²) >= 11 is 0. The number of sulfonamides is 1. The molecule has 1 aliphatic heterocycles. The first-order valence-corrected chi connectivity index (χ1v) is 14.0. The number of benzene rings is 3. The molecule has 0 aliphatic carbocycles. The molecule has 210 valence electrons. The highest BCUT2D eigenvalue weighted by atomic mass is 32.2. The number of likely N-dealkylation sites (tertiary alicyclic amines) is 1. The van der Waals surface area contributed by atoms with Crippen molar-refractivity contribution >= 4 is 10.0 Å². The molecule has 0 bridgehead atoms. The first-order valence-electron chi connectivity index (χ1n) is 12.5. The third-order valence-corrected chi connectivity index (χ3v) is 8.76. The molecule has 0 radical (unpaired) electrons. The minimum Gasteiger partial charge on any atom is -0.434 e. The highest BCUT2D eigenvalue weighted by Gasteiger charge is 2.35. The molecule has 0 spiro atoms. The molecule has 1 heterocycles. The van der Waals surface area contributed by atoms with Crippen LogP contribution < -0.4 is 4.74 Å². The zero-order valence-electron chi connectivity index (χ0n) is 21.0. The standard InChI is InChI=1S/C28H29F5N2O3S/c29-27(30)38-26-9-5-4-8-22(26)20-34-17-15-24(16-18-34)35(19-14-21-6-2-1-3-7-21)39(36,37)25-12-10-23(11-13-25)28(31,32)33/h1-13,24,27H,14-20H2. The van der Waals surface area contributed by atoms with Gasteiger partial charge in [-0.15, -0.1) is 0 Å². The SMILES string of the molecule is O=S(=O)(c1ccc(C(F)(F)F)cc1)N(CCc1ccccc1)C1CCN(Cc2ccccc2OC(F)F)CC1. The fourth-order valence-corrected chi connectivity index (χ4v) is 6.47. The lowest BCUT2D eigenvalue weighted by Gasteiger charge is -2.38. The summed E-state index contributed by atoms with van der Waals surface area (Å²) in [7, 11) is -4.09. The van der Waals surface area contributed by atoms with E-state index in [1.807, 2.05) is 35.2 Å². The molecule has 4 rings (SSSR count). The molecule has 5 nitrogen and oxygen atoms in total. The van der Waals surface area contributed by atoms with Crippen LogP contribution in [0.1, 0.15) is 29.5 Å². The molecule has 1 fully saturated rings. The molecular weight excluding hydrogens is 539 g/mol. The second-order valence-electron chi connectivity index (χ2n) is 9.37. The maximum absolute atomic E-state index is 13.7. The Balaban J connectivity index is 1.50. The molecule has 0 aromatic heterocycles. The highest BCUT2D eigenvalue weighted by Crippen LogP contribution is 2.32. The van der Waals surface area contributed by atoms with Gasteiger partial charge in [-0.25, -0.2) is 8.42 Å². The predicted octanol–water partition coefficient (Wildman–Crippen LogP) is 6.20. The molecule has 11 heteroatoms. The fraction of sp³-hybridized carbons (Fsp3) is 0.357. The van der Waals surface area contributed by atoms with Crippen molar-refractivity contribution in [2.75, 3.05) is 19.6 Å². The van der Waals surface area contributed by atoms with Gasteiger partial charge in [-0.05, 0) is 55.2 Å². The molecule has 3 aromatic rings. The summed E-state index contributed by atoms with van der Waals surface area (Å²) < 4.78 is 98.1. The lowest BCUT2D eigenvalue weighted by Crippen LogP contribution is -2.47. The number of ether oxygens (including phenoxy) is 1. The number of piperidine rings is 1. The van der Waals surface area contributed by atoms with Crippen molar-refractivity contribution in [2.45, 2.75) is 49.5 Å². The first kappa shape index (κ1) is 29.0. The van der Waals surface area contributed by atoms with Crippen molar-refractivity contribution in [1.82, 2.24) is 9.21 Å². The molecule has 3 aromatic carbocycles. The predicted molar refractivity (Wildman–Crippen MR) is 137 cm³/mol. The smallest absolute Gasteiger partial charge is 0.416 e. The van der Waals surface area contributed by atoms with E-state index in [4.69, 9.17) is 0 Å². The summed E-state index contributed by atoms with van der Waals surface area (Å²) in [5, 5.41) is 0. The van der Waals surface area contributed by atoms with Gasteiger partial charge in [0.1, 0.15) is 5.75 Å². The largest absolute Gasteiger partial charge is 0.434 e. The number of para-hydroxylation sites is 1. The van der Waals surface area contributed by atoms with Crippen molar-refractivity contribution < 1.29 is 35.1 Å². The van der Waals surface area contributed by atoms with Crippen LogP contribution in [0.25, 0.3) is 0 Å². The number of nitrogens with zero attached hydrogens (tertiary/aromatic N) is 2. The normalized spacial score (nSPS) is 15.7. The molecule has 39 heavy (non-hydrogen) atoms. The number of rotatable bonds is 10. The van der Waals surface area contributed by atoms with Crippen LogP contribution >= 0.6 is 0 Å². The minimum absolute atomic E-state index is 0.101. The average Bonchev–Trinajstić information content (AvgIpc) is 2.90. The van der Waals surface area contributed by atoms with Crippen molar-refractivity contribution in [2.24, 2.45) is 0 Å². The van der Waals surface area contributed by atoms with Gasteiger partial charge in [0.15, 0.2) is 0 Å². The second-order valence-corrected chi connectivity index (χ2v) is 11.3. The summed E-state index contributed by atoms with van der Waals surface area (Å²) in [5.74, 6) is 0.101. The Morgan fingerprint density at radius 3 is 2.13 bits per heavy atom. The van der Waals surface area contributed by atoms with Gasteiger partial charge in [-0.2, -0.15) is 26.3 Å². The third-order valence-electron chi connectivity index (χ3n) is 6.80. The van der Waals surface area contributed by atoms with Gasteiger partial charge < -0.3 is 4.74 Å². The van der Waals surface area contributed by atoms with Gasteiger partial charge in [0.2, 0.25) is 10.0 Å². The average molecular weight is 569 g/mol. The number of halogens is 5. The first-order chi connectivity index (χ1) is 18.5. The summed E-state index contributed by atoms with van der Waals surface area (Å²) in [5.41, 5.74) is 0.634. The van der Waals surface area contributed by atoms with Crippen LogP contribution in [0.5, 0.6) is 5.75 Å². The Hall–Kier alpha value is -3.02. The van der Waals surface area contributed by atoms with Crippen molar-refractivity contribution in [3.63, 3.8) is 0 Å². The zero-order valence-corrected chi connectivity index (χ0v) is 21.8. The van der Waals surface area contributed by atoms with Gasteiger partial charge in [0.05, 0.1) is 10.5 Å². The second kappa shape index (κ2) is 12.4. The van der Waals surface area contributed by atoms with Crippen LogP contribution in [-0.4, -0.2) is 49.9 Å². The van der Waals surface area contributed by atoms with Crippen LogP contribution in [0.4, 0.5) is 22.0 Å².